The number of carbonyl (C=O) groups is 3. The highest BCUT2D eigenvalue weighted by molar-refractivity contribution is 8.15. The normalized spacial score (nSPS) is 13.4. The Morgan fingerprint density at radius 2 is 1.63 bits per heavy atom. The second-order valence-corrected chi connectivity index (χ2v) is 9.33. The number of hydrogen-bond acceptors (Lipinski definition) is 6. The lowest BCUT2D eigenvalue weighted by Gasteiger charge is -2.27. The molecule has 0 unspecified atom stereocenters. The summed E-state index contributed by atoms with van der Waals surface area (Å²) in [7, 11) is 0. The molecule has 1 aliphatic heterocycles. The summed E-state index contributed by atoms with van der Waals surface area (Å²) in [5.41, 5.74) is 1.96. The summed E-state index contributed by atoms with van der Waals surface area (Å²) in [6.45, 7) is 0.217. The lowest BCUT2D eigenvalue weighted by molar-refractivity contribution is -0.111. The minimum atomic E-state index is -0.296. The van der Waals surface area contributed by atoms with Crippen LogP contribution in [0.2, 0.25) is 0 Å². The molecule has 0 atom stereocenters. The zero-order chi connectivity index (χ0) is 20.7. The molecule has 1 aromatic heterocycles. The number of carbonyl (C=O) groups excluding carboxylic acids is 3. The quantitative estimate of drug-likeness (QED) is 0.322. The molecule has 148 valence electrons. The fourth-order valence-corrected chi connectivity index (χ4v) is 5.71. The summed E-state index contributed by atoms with van der Waals surface area (Å²) in [6, 6.07) is 18.7. The van der Waals surface area contributed by atoms with Crippen LogP contribution >= 0.6 is 23.1 Å². The van der Waals surface area contributed by atoms with E-state index >= 15 is 0 Å². The van der Waals surface area contributed by atoms with E-state index in [-0.39, 0.29) is 29.9 Å². The predicted octanol–water partition coefficient (Wildman–Crippen LogP) is 5.14. The molecule has 7 heteroatoms. The summed E-state index contributed by atoms with van der Waals surface area (Å²) in [6.07, 6.45) is 0.690. The highest BCUT2D eigenvalue weighted by Crippen LogP contribution is 2.32. The maximum atomic E-state index is 12.9. The first-order valence-corrected chi connectivity index (χ1v) is 11.2. The minimum absolute atomic E-state index is 0.0199. The summed E-state index contributed by atoms with van der Waals surface area (Å²) in [4.78, 5) is 43.9. The number of para-hydroxylation sites is 1. The van der Waals surface area contributed by atoms with E-state index in [1.165, 1.54) is 16.2 Å². The van der Waals surface area contributed by atoms with Crippen LogP contribution in [0.4, 0.5) is 0 Å². The molecular weight excluding hydrogens is 416 g/mol. The Morgan fingerprint density at radius 3 is 2.33 bits per heavy atom. The van der Waals surface area contributed by atoms with E-state index in [1.54, 1.807) is 12.1 Å². The number of imide groups is 1. The van der Waals surface area contributed by atoms with Crippen molar-refractivity contribution in [1.29, 1.82) is 0 Å². The fourth-order valence-electron chi connectivity index (χ4n) is 3.71. The number of fused-ring (bicyclic) bond motifs is 1. The average molecular weight is 433 g/mol. The molecule has 1 aliphatic rings. The number of aromatic nitrogens is 1. The van der Waals surface area contributed by atoms with Crippen LogP contribution in [-0.2, 0) is 4.79 Å². The van der Waals surface area contributed by atoms with Crippen molar-refractivity contribution >= 4 is 61.0 Å². The maximum absolute atomic E-state index is 12.9. The van der Waals surface area contributed by atoms with Crippen LogP contribution in [0.25, 0.3) is 21.0 Å². The first-order valence-electron chi connectivity index (χ1n) is 9.56. The topological polar surface area (TPSA) is 67.3 Å². The lowest BCUT2D eigenvalue weighted by atomic mass is 9.94. The Balaban J connectivity index is 1.26. The van der Waals surface area contributed by atoms with Gasteiger partial charge in [-0.1, -0.05) is 36.4 Å². The summed E-state index contributed by atoms with van der Waals surface area (Å²) in [5, 5.41) is 1.58. The number of hydrogen-bond donors (Lipinski definition) is 0. The van der Waals surface area contributed by atoms with Gasteiger partial charge < -0.3 is 0 Å². The van der Waals surface area contributed by atoms with E-state index in [2.05, 4.69) is 4.98 Å². The van der Waals surface area contributed by atoms with Crippen molar-refractivity contribution in [2.24, 2.45) is 0 Å². The van der Waals surface area contributed by atoms with Gasteiger partial charge in [-0.15, -0.1) is 11.3 Å². The van der Waals surface area contributed by atoms with Gasteiger partial charge in [-0.3, -0.25) is 19.3 Å². The van der Waals surface area contributed by atoms with Gasteiger partial charge in [0.25, 0.3) is 11.8 Å². The van der Waals surface area contributed by atoms with Crippen molar-refractivity contribution in [3.63, 3.8) is 0 Å². The Kier molecular flexibility index (Phi) is 4.84. The molecule has 5 nitrogen and oxygen atoms in total. The van der Waals surface area contributed by atoms with Gasteiger partial charge in [0.1, 0.15) is 0 Å². The molecule has 4 aromatic rings. The molecule has 0 aliphatic carbocycles. The monoisotopic (exact) mass is 432 g/mol. The van der Waals surface area contributed by atoms with Crippen LogP contribution in [0, 0.1) is 0 Å². The van der Waals surface area contributed by atoms with Gasteiger partial charge in [0.2, 0.25) is 0 Å². The van der Waals surface area contributed by atoms with Crippen molar-refractivity contribution in [3.8, 4) is 0 Å². The van der Waals surface area contributed by atoms with Crippen LogP contribution < -0.4 is 0 Å². The molecule has 2 heterocycles. The fraction of sp³-hybridized carbons (Fsp3) is 0.130. The Morgan fingerprint density at radius 1 is 0.933 bits per heavy atom. The number of thioether (sulfide) groups is 1. The van der Waals surface area contributed by atoms with Crippen LogP contribution in [0.1, 0.15) is 33.6 Å². The number of thiazole rings is 1. The zero-order valence-corrected chi connectivity index (χ0v) is 17.5. The molecule has 0 bridgehead atoms. The van der Waals surface area contributed by atoms with Gasteiger partial charge in [-0.05, 0) is 47.8 Å². The number of amides is 2. The summed E-state index contributed by atoms with van der Waals surface area (Å²) < 4.78 is 1.76. The smallest absolute Gasteiger partial charge is 0.261 e. The average Bonchev–Trinajstić information content (AvgIpc) is 3.16. The van der Waals surface area contributed by atoms with Gasteiger partial charge in [-0.2, -0.15) is 0 Å². The molecule has 0 fully saturated rings. The highest BCUT2D eigenvalue weighted by Gasteiger charge is 2.32. The van der Waals surface area contributed by atoms with Crippen LogP contribution in [0.15, 0.2) is 65.0 Å². The molecule has 3 aromatic carbocycles. The van der Waals surface area contributed by atoms with Crippen molar-refractivity contribution in [2.75, 3.05) is 6.54 Å². The van der Waals surface area contributed by atoms with E-state index in [1.807, 2.05) is 48.5 Å². The van der Waals surface area contributed by atoms with Crippen molar-refractivity contribution in [1.82, 2.24) is 9.88 Å². The summed E-state index contributed by atoms with van der Waals surface area (Å²) in [5.74, 6) is -0.592. The van der Waals surface area contributed by atoms with Gasteiger partial charge in [0.05, 0.1) is 10.2 Å². The van der Waals surface area contributed by atoms with Crippen LogP contribution in [0.3, 0.4) is 0 Å². The molecule has 0 saturated heterocycles. The molecule has 2 amide bonds. The second kappa shape index (κ2) is 7.66. The van der Waals surface area contributed by atoms with E-state index in [9.17, 15) is 14.4 Å². The largest absolute Gasteiger partial charge is 0.287 e. The number of nitrogens with zero attached hydrogens (tertiary/aromatic N) is 2. The number of benzene rings is 3. The molecular formula is C23H16N2O3S2. The lowest BCUT2D eigenvalue weighted by Crippen LogP contribution is -2.40. The Labute approximate surface area is 180 Å². The van der Waals surface area contributed by atoms with Crippen molar-refractivity contribution < 1.29 is 14.4 Å². The van der Waals surface area contributed by atoms with E-state index in [0.717, 1.165) is 27.4 Å². The standard InChI is InChI=1S/C23H16N2O3S2/c26-19(30-23-24-17-10-1-2-11-18(17)29-23)12-5-13-25-21(27)15-8-3-6-14-7-4-9-16(20(14)15)22(25)28/h1-4,6-11H,5,12-13H2. The SMILES string of the molecule is O=C(CCCN1C(=O)c2cccc3cccc(c23)C1=O)Sc1nc2ccccc2s1. The van der Waals surface area contributed by atoms with E-state index in [0.29, 0.717) is 27.3 Å². The molecule has 0 spiro atoms. The molecule has 0 radical (unpaired) electrons. The van der Waals surface area contributed by atoms with Gasteiger partial charge >= 0.3 is 0 Å². The van der Waals surface area contributed by atoms with Gasteiger partial charge in [0.15, 0.2) is 9.45 Å². The Bertz CT molecular complexity index is 1240. The molecule has 5 rings (SSSR count). The van der Waals surface area contributed by atoms with Crippen molar-refractivity contribution in [2.45, 2.75) is 17.2 Å². The molecule has 0 N–H and O–H groups in total. The first kappa shape index (κ1) is 19.0. The highest BCUT2D eigenvalue weighted by atomic mass is 32.2. The van der Waals surface area contributed by atoms with Gasteiger partial charge in [-0.25, -0.2) is 4.98 Å². The maximum Gasteiger partial charge on any atom is 0.261 e. The zero-order valence-electron chi connectivity index (χ0n) is 15.8. The number of rotatable bonds is 5. The van der Waals surface area contributed by atoms with Crippen LogP contribution in [0.5, 0.6) is 0 Å². The third-order valence-corrected chi connectivity index (χ3v) is 7.12. The van der Waals surface area contributed by atoms with Crippen LogP contribution in [-0.4, -0.2) is 33.4 Å². The third-order valence-electron chi connectivity index (χ3n) is 5.09. The summed E-state index contributed by atoms with van der Waals surface area (Å²) >= 11 is 2.61. The third kappa shape index (κ3) is 3.30. The van der Waals surface area contributed by atoms with E-state index < -0.39 is 0 Å². The van der Waals surface area contributed by atoms with Gasteiger partial charge in [0, 0.05) is 29.5 Å². The molecule has 30 heavy (non-hydrogen) atoms. The Hall–Kier alpha value is -3.03. The minimum Gasteiger partial charge on any atom is -0.287 e. The van der Waals surface area contributed by atoms with E-state index in [4.69, 9.17) is 0 Å². The van der Waals surface area contributed by atoms with Crippen molar-refractivity contribution in [3.05, 3.63) is 71.8 Å². The second-order valence-electron chi connectivity index (χ2n) is 7.00. The predicted molar refractivity (Wildman–Crippen MR) is 119 cm³/mol. The first-order chi connectivity index (χ1) is 14.6. The molecule has 0 saturated carbocycles.